The molecule has 2 amide bonds. The number of aliphatic carboxylic acids is 1. The molecule has 0 aromatic carbocycles. The van der Waals surface area contributed by atoms with E-state index in [1.807, 2.05) is 34.6 Å². The van der Waals surface area contributed by atoms with Gasteiger partial charge >= 0.3 is 5.97 Å². The summed E-state index contributed by atoms with van der Waals surface area (Å²) in [6.45, 7) is 12.7. The zero-order valence-electron chi connectivity index (χ0n) is 15.4. The molecular weight excluding hydrogens is 296 g/mol. The van der Waals surface area contributed by atoms with Crippen LogP contribution in [0.1, 0.15) is 67.7 Å². The van der Waals surface area contributed by atoms with Gasteiger partial charge in [0.1, 0.15) is 11.6 Å². The number of hydrogen-bond acceptors (Lipinski definition) is 3. The Morgan fingerprint density at radius 3 is 1.96 bits per heavy atom. The first-order valence-electron chi connectivity index (χ1n) is 8.15. The maximum absolute atomic E-state index is 12.5. The largest absolute Gasteiger partial charge is 0.480 e. The average molecular weight is 328 g/mol. The standard InChI is InChI=1S/C17H32N2O4/c1-8-11(2)13(18-12(3)20)14(21)19-17(7,15(22)23)10-9-16(4,5)6/h11,13H,8-10H2,1-7H3,(H,18,20)(H,19,21)(H,22,23)/t11-,13-,17?/m0/s1. The quantitative estimate of drug-likeness (QED) is 0.637. The second kappa shape index (κ2) is 8.31. The lowest BCUT2D eigenvalue weighted by Gasteiger charge is -2.32. The zero-order valence-corrected chi connectivity index (χ0v) is 15.4. The first-order chi connectivity index (χ1) is 10.3. The van der Waals surface area contributed by atoms with E-state index in [0.29, 0.717) is 19.3 Å². The molecule has 23 heavy (non-hydrogen) atoms. The van der Waals surface area contributed by atoms with Crippen molar-refractivity contribution in [2.75, 3.05) is 0 Å². The molecule has 0 bridgehead atoms. The fourth-order valence-corrected chi connectivity index (χ4v) is 2.12. The highest BCUT2D eigenvalue weighted by Gasteiger charge is 2.38. The van der Waals surface area contributed by atoms with Gasteiger partial charge in [-0.25, -0.2) is 4.79 Å². The molecule has 134 valence electrons. The van der Waals surface area contributed by atoms with Gasteiger partial charge in [0.25, 0.3) is 0 Å². The molecule has 0 aliphatic carbocycles. The van der Waals surface area contributed by atoms with Crippen molar-refractivity contribution in [2.45, 2.75) is 79.3 Å². The maximum Gasteiger partial charge on any atom is 0.329 e. The van der Waals surface area contributed by atoms with Gasteiger partial charge in [-0.15, -0.1) is 0 Å². The van der Waals surface area contributed by atoms with E-state index in [-0.39, 0.29) is 17.2 Å². The third-order valence-electron chi connectivity index (χ3n) is 4.10. The number of rotatable bonds is 8. The van der Waals surface area contributed by atoms with Crippen molar-refractivity contribution in [1.29, 1.82) is 0 Å². The Morgan fingerprint density at radius 2 is 1.61 bits per heavy atom. The van der Waals surface area contributed by atoms with Crippen LogP contribution in [0.4, 0.5) is 0 Å². The molecule has 0 aliphatic heterocycles. The lowest BCUT2D eigenvalue weighted by atomic mass is 9.83. The molecule has 0 aromatic heterocycles. The molecular formula is C17H32N2O4. The highest BCUT2D eigenvalue weighted by atomic mass is 16.4. The van der Waals surface area contributed by atoms with E-state index >= 15 is 0 Å². The highest BCUT2D eigenvalue weighted by Crippen LogP contribution is 2.26. The number of amides is 2. The van der Waals surface area contributed by atoms with Gasteiger partial charge < -0.3 is 15.7 Å². The highest BCUT2D eigenvalue weighted by molar-refractivity contribution is 5.91. The van der Waals surface area contributed by atoms with E-state index in [2.05, 4.69) is 10.6 Å². The summed E-state index contributed by atoms with van der Waals surface area (Å²) in [6, 6.07) is -0.731. The summed E-state index contributed by atoms with van der Waals surface area (Å²) >= 11 is 0. The number of carbonyl (C=O) groups excluding carboxylic acids is 2. The van der Waals surface area contributed by atoms with Gasteiger partial charge in [-0.3, -0.25) is 9.59 Å². The molecule has 3 atom stereocenters. The second-order valence-electron chi connectivity index (χ2n) is 7.75. The normalized spacial score (nSPS) is 16.8. The van der Waals surface area contributed by atoms with Crippen molar-refractivity contribution in [3.63, 3.8) is 0 Å². The molecule has 0 rings (SSSR count). The summed E-state index contributed by atoms with van der Waals surface area (Å²) in [5, 5.41) is 14.8. The lowest BCUT2D eigenvalue weighted by Crippen LogP contribution is -2.59. The minimum atomic E-state index is -1.35. The minimum absolute atomic E-state index is 0.0326. The first kappa shape index (κ1) is 21.4. The summed E-state index contributed by atoms with van der Waals surface area (Å²) in [4.78, 5) is 35.5. The van der Waals surface area contributed by atoms with Crippen LogP contribution in [0.15, 0.2) is 0 Å². The first-order valence-corrected chi connectivity index (χ1v) is 8.15. The van der Waals surface area contributed by atoms with Crippen LogP contribution in [0.25, 0.3) is 0 Å². The van der Waals surface area contributed by atoms with Crippen LogP contribution >= 0.6 is 0 Å². The van der Waals surface area contributed by atoms with Crippen molar-refractivity contribution >= 4 is 17.8 Å². The zero-order chi connectivity index (χ0) is 18.4. The number of carboxylic acid groups (broad SMARTS) is 1. The third kappa shape index (κ3) is 7.48. The van der Waals surface area contributed by atoms with E-state index in [9.17, 15) is 19.5 Å². The van der Waals surface area contributed by atoms with Crippen LogP contribution < -0.4 is 10.6 Å². The smallest absolute Gasteiger partial charge is 0.329 e. The van der Waals surface area contributed by atoms with E-state index in [4.69, 9.17) is 0 Å². The van der Waals surface area contributed by atoms with Crippen LogP contribution in [0.5, 0.6) is 0 Å². The Hall–Kier alpha value is -1.59. The number of nitrogens with one attached hydrogen (secondary N) is 2. The van der Waals surface area contributed by atoms with Crippen LogP contribution in [-0.4, -0.2) is 34.5 Å². The topological polar surface area (TPSA) is 95.5 Å². The monoisotopic (exact) mass is 328 g/mol. The molecule has 1 unspecified atom stereocenters. The van der Waals surface area contributed by atoms with E-state index in [0.717, 1.165) is 0 Å². The van der Waals surface area contributed by atoms with E-state index in [1.54, 1.807) is 0 Å². The Balaban J connectivity index is 5.19. The van der Waals surface area contributed by atoms with E-state index in [1.165, 1.54) is 13.8 Å². The third-order valence-corrected chi connectivity index (χ3v) is 4.10. The Bertz CT molecular complexity index is 442. The Kier molecular flexibility index (Phi) is 7.74. The molecule has 0 spiro atoms. The van der Waals surface area contributed by atoms with Crippen molar-refractivity contribution in [2.24, 2.45) is 11.3 Å². The molecule has 0 saturated carbocycles. The summed E-state index contributed by atoms with van der Waals surface area (Å²) < 4.78 is 0. The van der Waals surface area contributed by atoms with E-state index < -0.39 is 23.5 Å². The molecule has 0 saturated heterocycles. The summed E-state index contributed by atoms with van der Waals surface area (Å²) in [5.74, 6) is -1.91. The molecule has 0 aromatic rings. The number of hydrogen-bond donors (Lipinski definition) is 3. The molecule has 0 heterocycles. The number of carboxylic acids is 1. The Labute approximate surface area is 139 Å². The van der Waals surface area contributed by atoms with Crippen molar-refractivity contribution < 1.29 is 19.5 Å². The maximum atomic E-state index is 12.5. The van der Waals surface area contributed by atoms with Crippen LogP contribution in [0.3, 0.4) is 0 Å². The van der Waals surface area contributed by atoms with Gasteiger partial charge in [0, 0.05) is 6.92 Å². The number of carbonyl (C=O) groups is 3. The van der Waals surface area contributed by atoms with Crippen molar-refractivity contribution in [1.82, 2.24) is 10.6 Å². The van der Waals surface area contributed by atoms with Crippen LogP contribution in [-0.2, 0) is 14.4 Å². The Morgan fingerprint density at radius 1 is 1.09 bits per heavy atom. The average Bonchev–Trinajstić information content (AvgIpc) is 2.40. The van der Waals surface area contributed by atoms with Gasteiger partial charge in [-0.1, -0.05) is 41.0 Å². The fraction of sp³-hybridized carbons (Fsp3) is 0.824. The SMILES string of the molecule is CC[C@H](C)[C@H](NC(C)=O)C(=O)NC(C)(CCC(C)(C)C)C(=O)O. The van der Waals surface area contributed by atoms with Gasteiger partial charge in [-0.05, 0) is 31.1 Å². The second-order valence-corrected chi connectivity index (χ2v) is 7.75. The van der Waals surface area contributed by atoms with Gasteiger partial charge in [0.05, 0.1) is 0 Å². The van der Waals surface area contributed by atoms with Gasteiger partial charge in [-0.2, -0.15) is 0 Å². The predicted octanol–water partition coefficient (Wildman–Crippen LogP) is 2.32. The molecule has 0 radical (unpaired) electrons. The van der Waals surface area contributed by atoms with Crippen molar-refractivity contribution in [3.05, 3.63) is 0 Å². The molecule has 6 heteroatoms. The molecule has 6 nitrogen and oxygen atoms in total. The molecule has 3 N–H and O–H groups in total. The van der Waals surface area contributed by atoms with Gasteiger partial charge in [0.15, 0.2) is 0 Å². The summed E-state index contributed by atoms with van der Waals surface area (Å²) in [5.41, 5.74) is -1.39. The van der Waals surface area contributed by atoms with Gasteiger partial charge in [0.2, 0.25) is 11.8 Å². The van der Waals surface area contributed by atoms with Crippen LogP contribution in [0, 0.1) is 11.3 Å². The predicted molar refractivity (Wildman–Crippen MR) is 89.9 cm³/mol. The summed E-state index contributed by atoms with van der Waals surface area (Å²) in [7, 11) is 0. The lowest BCUT2D eigenvalue weighted by molar-refractivity contribution is -0.148. The molecule has 0 aliphatic rings. The molecule has 0 fully saturated rings. The fourth-order valence-electron chi connectivity index (χ4n) is 2.12. The minimum Gasteiger partial charge on any atom is -0.480 e. The van der Waals surface area contributed by atoms with Crippen LogP contribution in [0.2, 0.25) is 0 Å². The van der Waals surface area contributed by atoms with Crippen molar-refractivity contribution in [3.8, 4) is 0 Å². The summed E-state index contributed by atoms with van der Waals surface area (Å²) in [6.07, 6.45) is 1.68.